The molecule has 1 aliphatic rings. The van der Waals surface area contributed by atoms with Gasteiger partial charge in [0.2, 0.25) is 5.91 Å². The van der Waals surface area contributed by atoms with Crippen LogP contribution in [0.2, 0.25) is 0 Å². The molecule has 6 heteroatoms. The maximum absolute atomic E-state index is 13.4. The molecule has 1 aliphatic carbocycles. The number of benzene rings is 2. The van der Waals surface area contributed by atoms with Gasteiger partial charge in [-0.25, -0.2) is 4.79 Å². The normalized spacial score (nSPS) is 19.5. The zero-order valence-electron chi connectivity index (χ0n) is 21.1. The van der Waals surface area contributed by atoms with Gasteiger partial charge >= 0.3 is 6.09 Å². The predicted octanol–water partition coefficient (Wildman–Crippen LogP) is 5.10. The SMILES string of the molecule is CC(C)[C@H](NC(=O)OC(C)(C)C)C(=O)N[C@@H]1CCCC[C@H]1P(c1ccccc1)c1ccccc1. The number of carbonyl (C=O) groups excluding carboxylic acids is 2. The van der Waals surface area contributed by atoms with Gasteiger partial charge in [-0.1, -0.05) is 87.4 Å². The molecule has 34 heavy (non-hydrogen) atoms. The zero-order valence-corrected chi connectivity index (χ0v) is 22.0. The van der Waals surface area contributed by atoms with Crippen molar-refractivity contribution in [2.45, 2.75) is 83.6 Å². The smallest absolute Gasteiger partial charge is 0.408 e. The Morgan fingerprint density at radius 1 is 0.912 bits per heavy atom. The highest BCUT2D eigenvalue weighted by Crippen LogP contribution is 2.46. The first-order valence-corrected chi connectivity index (χ1v) is 13.8. The summed E-state index contributed by atoms with van der Waals surface area (Å²) in [6, 6.07) is 20.8. The topological polar surface area (TPSA) is 67.4 Å². The monoisotopic (exact) mass is 482 g/mol. The summed E-state index contributed by atoms with van der Waals surface area (Å²) in [7, 11) is -0.636. The molecule has 2 amide bonds. The lowest BCUT2D eigenvalue weighted by molar-refractivity contribution is -0.125. The van der Waals surface area contributed by atoms with Crippen molar-refractivity contribution in [3.8, 4) is 0 Å². The molecule has 1 saturated carbocycles. The highest BCUT2D eigenvalue weighted by molar-refractivity contribution is 7.73. The summed E-state index contributed by atoms with van der Waals surface area (Å²) in [6.07, 6.45) is 3.73. The van der Waals surface area contributed by atoms with E-state index in [9.17, 15) is 9.59 Å². The van der Waals surface area contributed by atoms with E-state index in [0.29, 0.717) is 5.66 Å². The van der Waals surface area contributed by atoms with Gasteiger partial charge in [0.25, 0.3) is 0 Å². The molecule has 2 N–H and O–H groups in total. The second-order valence-corrected chi connectivity index (χ2v) is 12.8. The molecular formula is C28H39N2O3P. The number of carbonyl (C=O) groups is 2. The summed E-state index contributed by atoms with van der Waals surface area (Å²) in [5.41, 5.74) is -0.274. The molecule has 2 aromatic carbocycles. The molecule has 0 spiro atoms. The maximum atomic E-state index is 13.4. The largest absolute Gasteiger partial charge is 0.444 e. The van der Waals surface area contributed by atoms with Crippen LogP contribution in [0.25, 0.3) is 0 Å². The van der Waals surface area contributed by atoms with Crippen molar-refractivity contribution in [1.29, 1.82) is 0 Å². The third kappa shape index (κ3) is 7.30. The Bertz CT molecular complexity index is 888. The van der Waals surface area contributed by atoms with Crippen LogP contribution in [-0.2, 0) is 9.53 Å². The van der Waals surface area contributed by atoms with E-state index in [1.54, 1.807) is 0 Å². The van der Waals surface area contributed by atoms with E-state index in [1.165, 1.54) is 17.0 Å². The summed E-state index contributed by atoms with van der Waals surface area (Å²) in [4.78, 5) is 25.8. The third-order valence-corrected chi connectivity index (χ3v) is 9.07. The molecule has 2 aromatic rings. The van der Waals surface area contributed by atoms with E-state index in [4.69, 9.17) is 4.74 Å². The number of ether oxygens (including phenoxy) is 1. The maximum Gasteiger partial charge on any atom is 0.408 e. The average molecular weight is 483 g/mol. The minimum Gasteiger partial charge on any atom is -0.444 e. The summed E-state index contributed by atoms with van der Waals surface area (Å²) >= 11 is 0. The van der Waals surface area contributed by atoms with Gasteiger partial charge in [0.15, 0.2) is 0 Å². The summed E-state index contributed by atoms with van der Waals surface area (Å²) in [5, 5.41) is 8.82. The summed E-state index contributed by atoms with van der Waals surface area (Å²) < 4.78 is 5.41. The van der Waals surface area contributed by atoms with Crippen LogP contribution in [-0.4, -0.2) is 35.3 Å². The number of alkyl carbamates (subject to hydrolysis) is 1. The summed E-state index contributed by atoms with van der Waals surface area (Å²) in [5.74, 6) is -0.187. The van der Waals surface area contributed by atoms with Crippen LogP contribution in [0.5, 0.6) is 0 Å². The van der Waals surface area contributed by atoms with Crippen molar-refractivity contribution in [3.63, 3.8) is 0 Å². The molecular weight excluding hydrogens is 443 g/mol. The third-order valence-electron chi connectivity index (χ3n) is 6.08. The average Bonchev–Trinajstić information content (AvgIpc) is 2.79. The molecule has 0 bridgehead atoms. The van der Waals surface area contributed by atoms with Crippen molar-refractivity contribution in [2.75, 3.05) is 0 Å². The molecule has 1 fully saturated rings. The van der Waals surface area contributed by atoms with Crippen LogP contribution < -0.4 is 21.2 Å². The molecule has 0 saturated heterocycles. The Hall–Kier alpha value is -2.39. The lowest BCUT2D eigenvalue weighted by atomic mass is 9.94. The van der Waals surface area contributed by atoms with Crippen LogP contribution in [0.1, 0.15) is 60.3 Å². The molecule has 0 aliphatic heterocycles. The van der Waals surface area contributed by atoms with Crippen molar-refractivity contribution in [2.24, 2.45) is 5.92 Å². The van der Waals surface area contributed by atoms with Crippen LogP contribution >= 0.6 is 7.92 Å². The lowest BCUT2D eigenvalue weighted by Crippen LogP contribution is -2.55. The second kappa shape index (κ2) is 11.8. The summed E-state index contributed by atoms with van der Waals surface area (Å²) in [6.45, 7) is 9.35. The van der Waals surface area contributed by atoms with E-state index in [2.05, 4.69) is 71.3 Å². The first-order chi connectivity index (χ1) is 16.2. The first kappa shape index (κ1) is 26.2. The van der Waals surface area contributed by atoms with E-state index in [1.807, 2.05) is 34.6 Å². The molecule has 184 valence electrons. The number of nitrogens with one attached hydrogen (secondary N) is 2. The fourth-order valence-corrected chi connectivity index (χ4v) is 7.61. The number of hydrogen-bond acceptors (Lipinski definition) is 3. The first-order valence-electron chi connectivity index (χ1n) is 12.3. The van der Waals surface area contributed by atoms with Crippen LogP contribution in [0.15, 0.2) is 60.7 Å². The van der Waals surface area contributed by atoms with E-state index >= 15 is 0 Å². The highest BCUT2D eigenvalue weighted by atomic mass is 31.1. The lowest BCUT2D eigenvalue weighted by Gasteiger charge is -2.39. The van der Waals surface area contributed by atoms with Crippen molar-refractivity contribution in [3.05, 3.63) is 60.7 Å². The Morgan fingerprint density at radius 2 is 1.44 bits per heavy atom. The fourth-order valence-electron chi connectivity index (χ4n) is 4.54. The van der Waals surface area contributed by atoms with E-state index in [0.717, 1.165) is 19.3 Å². The van der Waals surface area contributed by atoms with Gasteiger partial charge in [0, 0.05) is 11.7 Å². The predicted molar refractivity (Wildman–Crippen MR) is 141 cm³/mol. The van der Waals surface area contributed by atoms with Gasteiger partial charge in [0.05, 0.1) is 0 Å². The molecule has 3 rings (SSSR count). The van der Waals surface area contributed by atoms with E-state index < -0.39 is 25.7 Å². The quantitative estimate of drug-likeness (QED) is 0.540. The van der Waals surface area contributed by atoms with Crippen LogP contribution in [0.4, 0.5) is 4.79 Å². The highest BCUT2D eigenvalue weighted by Gasteiger charge is 2.36. The Morgan fingerprint density at radius 3 is 1.94 bits per heavy atom. The molecule has 0 unspecified atom stereocenters. The van der Waals surface area contributed by atoms with Crippen molar-refractivity contribution < 1.29 is 14.3 Å². The van der Waals surface area contributed by atoms with Gasteiger partial charge in [-0.05, 0) is 58.1 Å². The second-order valence-electron chi connectivity index (χ2n) is 10.4. The van der Waals surface area contributed by atoms with Gasteiger partial charge in [0.1, 0.15) is 11.6 Å². The fraction of sp³-hybridized carbons (Fsp3) is 0.500. The van der Waals surface area contributed by atoms with Gasteiger partial charge in [-0.2, -0.15) is 0 Å². The molecule has 0 aromatic heterocycles. The zero-order chi connectivity index (χ0) is 24.7. The van der Waals surface area contributed by atoms with Crippen LogP contribution in [0.3, 0.4) is 0 Å². The number of amides is 2. The van der Waals surface area contributed by atoms with Gasteiger partial charge in [-0.3, -0.25) is 4.79 Å². The molecule has 0 radical (unpaired) electrons. The standard InChI is InChI=1S/C28H39N2O3P/c1-20(2)25(30-27(32)33-28(3,4)5)26(31)29-23-18-12-13-19-24(23)34(21-14-8-6-9-15-21)22-16-10-7-11-17-22/h6-11,14-17,20,23-25H,12-13,18-19H2,1-5H3,(H,29,31)(H,30,32)/t23-,24-,25+/m1/s1. The van der Waals surface area contributed by atoms with Gasteiger partial charge in [-0.15, -0.1) is 0 Å². The Balaban J connectivity index is 1.82. The minimum atomic E-state index is -0.642. The van der Waals surface area contributed by atoms with E-state index in [-0.39, 0.29) is 17.9 Å². The number of rotatable bonds is 7. The van der Waals surface area contributed by atoms with Crippen molar-refractivity contribution >= 4 is 30.5 Å². The number of hydrogen-bond donors (Lipinski definition) is 2. The Labute approximate surface area is 205 Å². The molecule has 3 atom stereocenters. The molecule has 5 nitrogen and oxygen atoms in total. The molecule has 0 heterocycles. The van der Waals surface area contributed by atoms with Gasteiger partial charge < -0.3 is 15.4 Å². The van der Waals surface area contributed by atoms with Crippen molar-refractivity contribution in [1.82, 2.24) is 10.6 Å². The van der Waals surface area contributed by atoms with Crippen LogP contribution in [0, 0.1) is 5.92 Å². The Kier molecular flexibility index (Phi) is 9.13. The minimum absolute atomic E-state index is 0.0562.